The van der Waals surface area contributed by atoms with Crippen LogP contribution in [0.5, 0.6) is 0 Å². The zero-order valence-electron chi connectivity index (χ0n) is 10.8. The van der Waals surface area contributed by atoms with E-state index in [4.69, 9.17) is 18.0 Å². The molecule has 0 saturated carbocycles. The van der Waals surface area contributed by atoms with Crippen molar-refractivity contribution in [3.05, 3.63) is 45.7 Å². The van der Waals surface area contributed by atoms with E-state index in [0.717, 1.165) is 27.0 Å². The van der Waals surface area contributed by atoms with Crippen LogP contribution < -0.4 is 11.1 Å². The minimum atomic E-state index is 0.373. The summed E-state index contributed by atoms with van der Waals surface area (Å²) in [5.74, 6) is 0. The van der Waals surface area contributed by atoms with Crippen molar-refractivity contribution < 1.29 is 0 Å². The van der Waals surface area contributed by atoms with Crippen LogP contribution >= 0.6 is 28.1 Å². The molecule has 0 spiro atoms. The first kappa shape index (κ1) is 14.0. The van der Waals surface area contributed by atoms with Gasteiger partial charge in [0.1, 0.15) is 4.99 Å². The van der Waals surface area contributed by atoms with E-state index in [9.17, 15) is 0 Å². The zero-order valence-corrected chi connectivity index (χ0v) is 13.2. The Kier molecular flexibility index (Phi) is 4.21. The predicted molar refractivity (Wildman–Crippen MR) is 85.3 cm³/mol. The summed E-state index contributed by atoms with van der Waals surface area (Å²) in [4.78, 5) is 0.373. The van der Waals surface area contributed by atoms with Crippen LogP contribution in [0.4, 0.5) is 5.69 Å². The molecule has 0 aliphatic rings. The molecule has 0 unspecified atom stereocenters. The molecule has 6 heteroatoms. The van der Waals surface area contributed by atoms with E-state index in [2.05, 4.69) is 26.3 Å². The number of halogens is 1. The quantitative estimate of drug-likeness (QED) is 0.841. The minimum Gasteiger partial charge on any atom is -0.389 e. The normalized spacial score (nSPS) is 10.5. The third-order valence-electron chi connectivity index (χ3n) is 3.07. The van der Waals surface area contributed by atoms with Gasteiger partial charge in [-0.3, -0.25) is 4.68 Å². The van der Waals surface area contributed by atoms with Crippen molar-refractivity contribution in [2.45, 2.75) is 13.5 Å². The maximum absolute atomic E-state index is 5.76. The summed E-state index contributed by atoms with van der Waals surface area (Å²) in [6.07, 6.45) is 1.86. The average Bonchev–Trinajstić information content (AvgIpc) is 2.67. The maximum Gasteiger partial charge on any atom is 0.107 e. The van der Waals surface area contributed by atoms with Crippen molar-refractivity contribution in [2.24, 2.45) is 12.8 Å². The molecule has 19 heavy (non-hydrogen) atoms. The van der Waals surface area contributed by atoms with Gasteiger partial charge in [0.05, 0.1) is 6.20 Å². The number of aryl methyl sites for hydroxylation is 1. The summed E-state index contributed by atoms with van der Waals surface area (Å²) in [5, 5.41) is 7.58. The lowest BCUT2D eigenvalue weighted by molar-refractivity contribution is 0.738. The first-order chi connectivity index (χ1) is 9.00. The van der Waals surface area contributed by atoms with Gasteiger partial charge in [-0.15, -0.1) is 0 Å². The van der Waals surface area contributed by atoms with Crippen molar-refractivity contribution >= 4 is 38.8 Å². The molecule has 1 heterocycles. The fourth-order valence-corrected chi connectivity index (χ4v) is 2.76. The molecule has 0 radical (unpaired) electrons. The molecule has 0 aliphatic heterocycles. The van der Waals surface area contributed by atoms with Crippen molar-refractivity contribution in [3.8, 4) is 0 Å². The monoisotopic (exact) mass is 338 g/mol. The van der Waals surface area contributed by atoms with E-state index in [1.54, 1.807) is 0 Å². The molecule has 0 aliphatic carbocycles. The van der Waals surface area contributed by atoms with Crippen molar-refractivity contribution in [2.75, 3.05) is 5.32 Å². The summed E-state index contributed by atoms with van der Waals surface area (Å²) in [6, 6.07) is 5.84. The van der Waals surface area contributed by atoms with Gasteiger partial charge in [-0.2, -0.15) is 5.10 Å². The number of hydrogen-bond acceptors (Lipinski definition) is 3. The molecule has 3 N–H and O–H groups in total. The van der Waals surface area contributed by atoms with Crippen LogP contribution in [0, 0.1) is 6.92 Å². The molecule has 1 aromatic carbocycles. The topological polar surface area (TPSA) is 55.9 Å². The van der Waals surface area contributed by atoms with E-state index in [1.165, 1.54) is 0 Å². The molecule has 2 aromatic rings. The molecule has 0 atom stereocenters. The van der Waals surface area contributed by atoms with Crippen molar-refractivity contribution in [1.29, 1.82) is 0 Å². The fourth-order valence-electron chi connectivity index (χ4n) is 1.83. The van der Waals surface area contributed by atoms with Crippen molar-refractivity contribution in [3.63, 3.8) is 0 Å². The van der Waals surface area contributed by atoms with Gasteiger partial charge in [0.15, 0.2) is 0 Å². The van der Waals surface area contributed by atoms with Crippen LogP contribution in [0.15, 0.2) is 28.9 Å². The number of rotatable bonds is 4. The average molecular weight is 339 g/mol. The van der Waals surface area contributed by atoms with Gasteiger partial charge in [0.2, 0.25) is 0 Å². The lowest BCUT2D eigenvalue weighted by Crippen LogP contribution is -2.14. The molecule has 0 amide bonds. The van der Waals surface area contributed by atoms with Gasteiger partial charge in [0.25, 0.3) is 0 Å². The molecule has 100 valence electrons. The number of nitrogens with two attached hydrogens (primary N) is 1. The second-order valence-corrected chi connectivity index (χ2v) is 5.55. The Bertz CT molecular complexity index is 621. The van der Waals surface area contributed by atoms with Gasteiger partial charge < -0.3 is 11.1 Å². The minimum absolute atomic E-state index is 0.373. The molecule has 1 aromatic heterocycles. The Morgan fingerprint density at radius 3 is 2.84 bits per heavy atom. The van der Waals surface area contributed by atoms with Gasteiger partial charge in [-0.05, 0) is 35.0 Å². The van der Waals surface area contributed by atoms with Gasteiger partial charge in [-0.25, -0.2) is 0 Å². The van der Waals surface area contributed by atoms with Crippen LogP contribution in [0.1, 0.15) is 16.8 Å². The number of thiocarbonyl (C=S) groups is 1. The molecular weight excluding hydrogens is 324 g/mol. The highest BCUT2D eigenvalue weighted by atomic mass is 79.9. The van der Waals surface area contributed by atoms with Gasteiger partial charge >= 0.3 is 0 Å². The van der Waals surface area contributed by atoms with Crippen LogP contribution in [0.3, 0.4) is 0 Å². The second-order valence-electron chi connectivity index (χ2n) is 4.26. The maximum atomic E-state index is 5.76. The third-order valence-corrected chi connectivity index (χ3v) is 3.93. The number of nitrogens with one attached hydrogen (secondary N) is 1. The van der Waals surface area contributed by atoms with Crippen LogP contribution in [0.25, 0.3) is 0 Å². The lowest BCUT2D eigenvalue weighted by atomic mass is 10.1. The Morgan fingerprint density at radius 1 is 1.53 bits per heavy atom. The van der Waals surface area contributed by atoms with Gasteiger partial charge in [0, 0.05) is 40.6 Å². The number of hydrogen-bond donors (Lipinski definition) is 2. The molecular formula is C13H15BrN4S. The third kappa shape index (κ3) is 2.96. The summed E-state index contributed by atoms with van der Waals surface area (Å²) in [5.41, 5.74) is 9.80. The van der Waals surface area contributed by atoms with E-state index in [1.807, 2.05) is 43.0 Å². The Morgan fingerprint density at radius 2 is 2.26 bits per heavy atom. The van der Waals surface area contributed by atoms with Crippen LogP contribution in [-0.2, 0) is 13.6 Å². The SMILES string of the molecule is Cc1c(CNc2cccc(Br)c2C(N)=S)cnn1C. The standard InChI is InChI=1S/C13H15BrN4S/c1-8-9(7-17-18(8)2)6-16-11-5-3-4-10(14)12(11)13(15)19/h3-5,7,16H,6H2,1-2H3,(H2,15,19). The number of anilines is 1. The summed E-state index contributed by atoms with van der Waals surface area (Å²) in [6.45, 7) is 2.73. The summed E-state index contributed by atoms with van der Waals surface area (Å²) in [7, 11) is 1.93. The Balaban J connectivity index is 2.23. The van der Waals surface area contributed by atoms with E-state index in [0.29, 0.717) is 11.5 Å². The predicted octanol–water partition coefficient (Wildman–Crippen LogP) is 2.74. The van der Waals surface area contributed by atoms with E-state index >= 15 is 0 Å². The largest absolute Gasteiger partial charge is 0.389 e. The number of benzene rings is 1. The molecule has 0 saturated heterocycles. The fraction of sp³-hybridized carbons (Fsp3) is 0.231. The Hall–Kier alpha value is -1.40. The van der Waals surface area contributed by atoms with Gasteiger partial charge in [-0.1, -0.05) is 18.3 Å². The van der Waals surface area contributed by atoms with E-state index in [-0.39, 0.29) is 0 Å². The molecule has 4 nitrogen and oxygen atoms in total. The highest BCUT2D eigenvalue weighted by Crippen LogP contribution is 2.25. The first-order valence-electron chi connectivity index (χ1n) is 5.80. The molecule has 0 bridgehead atoms. The Labute approximate surface area is 126 Å². The van der Waals surface area contributed by atoms with Crippen molar-refractivity contribution in [1.82, 2.24) is 9.78 Å². The smallest absolute Gasteiger partial charge is 0.107 e. The highest BCUT2D eigenvalue weighted by Gasteiger charge is 2.10. The van der Waals surface area contributed by atoms with E-state index < -0.39 is 0 Å². The first-order valence-corrected chi connectivity index (χ1v) is 7.00. The summed E-state index contributed by atoms with van der Waals surface area (Å²) >= 11 is 8.56. The lowest BCUT2D eigenvalue weighted by Gasteiger charge is -2.12. The number of nitrogens with zero attached hydrogens (tertiary/aromatic N) is 2. The zero-order chi connectivity index (χ0) is 14.0. The van der Waals surface area contributed by atoms with Crippen LogP contribution in [0.2, 0.25) is 0 Å². The highest BCUT2D eigenvalue weighted by molar-refractivity contribution is 9.10. The number of aromatic nitrogens is 2. The second kappa shape index (κ2) is 5.71. The van der Waals surface area contributed by atoms with Crippen LogP contribution in [-0.4, -0.2) is 14.8 Å². The summed E-state index contributed by atoms with van der Waals surface area (Å²) < 4.78 is 2.75. The molecule has 2 rings (SSSR count). The molecule has 0 fully saturated rings.